The zero-order valence-electron chi connectivity index (χ0n) is 12.1. The number of fused-ring (bicyclic) bond motifs is 1. The quantitative estimate of drug-likeness (QED) is 0.816. The van der Waals surface area contributed by atoms with Crippen LogP contribution in [0.25, 0.3) is 0 Å². The highest BCUT2D eigenvalue weighted by atomic mass is 16.6. The Bertz CT molecular complexity index is 377. The van der Waals surface area contributed by atoms with Crippen molar-refractivity contribution in [2.24, 2.45) is 28.9 Å². The van der Waals surface area contributed by atoms with Crippen LogP contribution < -0.4 is 11.1 Å². The fraction of sp³-hybridized carbons (Fsp3) is 0.857. The van der Waals surface area contributed by atoms with Crippen molar-refractivity contribution in [2.75, 3.05) is 0 Å². The average molecular weight is 268 g/mol. The number of carbonyl (C=O) groups is 2. The van der Waals surface area contributed by atoms with Crippen molar-refractivity contribution in [3.63, 3.8) is 0 Å². The normalized spacial score (nSPS) is 34.3. The summed E-state index contributed by atoms with van der Waals surface area (Å²) in [5.41, 5.74) is 4.90. The first-order valence-electron chi connectivity index (χ1n) is 6.96. The fourth-order valence-electron chi connectivity index (χ4n) is 3.23. The van der Waals surface area contributed by atoms with Gasteiger partial charge in [0.05, 0.1) is 0 Å². The molecular formula is C14H24N2O3. The first-order chi connectivity index (χ1) is 8.70. The predicted molar refractivity (Wildman–Crippen MR) is 71.2 cm³/mol. The van der Waals surface area contributed by atoms with Gasteiger partial charge in [0.15, 0.2) is 0 Å². The van der Waals surface area contributed by atoms with E-state index in [0.29, 0.717) is 0 Å². The summed E-state index contributed by atoms with van der Waals surface area (Å²) in [6.07, 6.45) is 1.38. The zero-order chi connectivity index (χ0) is 14.4. The van der Waals surface area contributed by atoms with Gasteiger partial charge in [0, 0.05) is 0 Å². The van der Waals surface area contributed by atoms with Gasteiger partial charge in [-0.25, -0.2) is 4.79 Å². The molecule has 2 saturated carbocycles. The highest BCUT2D eigenvalue weighted by molar-refractivity contribution is 5.85. The maximum atomic E-state index is 11.8. The van der Waals surface area contributed by atoms with Gasteiger partial charge in [0.2, 0.25) is 5.91 Å². The number of ether oxygens (including phenoxy) is 1. The van der Waals surface area contributed by atoms with E-state index in [9.17, 15) is 9.59 Å². The van der Waals surface area contributed by atoms with Crippen LogP contribution in [0.3, 0.4) is 0 Å². The molecule has 0 radical (unpaired) electrons. The summed E-state index contributed by atoms with van der Waals surface area (Å²) >= 11 is 0. The minimum atomic E-state index is -0.713. The maximum absolute atomic E-state index is 11.8. The number of carbonyl (C=O) groups excluding carboxylic acids is 2. The Morgan fingerprint density at radius 2 is 1.79 bits per heavy atom. The summed E-state index contributed by atoms with van der Waals surface area (Å²) in [6, 6.07) is -0.713. The molecule has 0 heterocycles. The van der Waals surface area contributed by atoms with Gasteiger partial charge in [0.25, 0.3) is 0 Å². The van der Waals surface area contributed by atoms with Gasteiger partial charge in [-0.15, -0.1) is 0 Å². The van der Waals surface area contributed by atoms with Crippen molar-refractivity contribution in [2.45, 2.75) is 52.7 Å². The Morgan fingerprint density at radius 3 is 2.21 bits per heavy atom. The third-order valence-corrected chi connectivity index (χ3v) is 4.52. The first-order valence-corrected chi connectivity index (χ1v) is 6.96. The molecule has 0 aromatic carbocycles. The summed E-state index contributed by atoms with van der Waals surface area (Å²) in [6.45, 7) is 7.81. The second-order valence-corrected chi connectivity index (χ2v) is 7.03. The first kappa shape index (κ1) is 14.2. The van der Waals surface area contributed by atoms with E-state index in [1.54, 1.807) is 0 Å². The van der Waals surface area contributed by atoms with E-state index in [1.807, 2.05) is 20.8 Å². The van der Waals surface area contributed by atoms with Crippen LogP contribution in [0.4, 0.5) is 4.79 Å². The minimum absolute atomic E-state index is 0.000283. The Hall–Kier alpha value is -1.26. The van der Waals surface area contributed by atoms with Crippen LogP contribution in [-0.2, 0) is 9.53 Å². The van der Waals surface area contributed by atoms with Crippen molar-refractivity contribution in [3.8, 4) is 0 Å². The third-order valence-electron chi connectivity index (χ3n) is 4.52. The van der Waals surface area contributed by atoms with E-state index in [4.69, 9.17) is 10.5 Å². The van der Waals surface area contributed by atoms with Crippen LogP contribution in [0.1, 0.15) is 40.5 Å². The molecule has 108 valence electrons. The van der Waals surface area contributed by atoms with Crippen molar-refractivity contribution in [3.05, 3.63) is 0 Å². The lowest BCUT2D eigenvalue weighted by Gasteiger charge is -2.29. The van der Waals surface area contributed by atoms with Crippen LogP contribution in [0.5, 0.6) is 0 Å². The molecule has 2 aliphatic rings. The van der Waals surface area contributed by atoms with Crippen LogP contribution in [0.15, 0.2) is 0 Å². The lowest BCUT2D eigenvalue weighted by atomic mass is 9.86. The van der Waals surface area contributed by atoms with E-state index >= 15 is 0 Å². The van der Waals surface area contributed by atoms with Crippen molar-refractivity contribution >= 4 is 12.0 Å². The van der Waals surface area contributed by atoms with E-state index in [2.05, 4.69) is 12.2 Å². The Balaban J connectivity index is 1.82. The fourth-order valence-corrected chi connectivity index (χ4v) is 3.23. The van der Waals surface area contributed by atoms with Crippen LogP contribution in [0, 0.1) is 23.2 Å². The molecule has 2 aliphatic carbocycles. The van der Waals surface area contributed by atoms with Crippen molar-refractivity contribution in [1.29, 1.82) is 0 Å². The number of alkyl carbamates (subject to hydrolysis) is 1. The van der Waals surface area contributed by atoms with Crippen LogP contribution >= 0.6 is 0 Å². The Kier molecular flexibility index (Phi) is 3.49. The summed E-state index contributed by atoms with van der Waals surface area (Å²) in [5.74, 6) is 1.71. The summed E-state index contributed by atoms with van der Waals surface area (Å²) in [7, 11) is 0. The molecule has 0 aromatic heterocycles. The predicted octanol–water partition coefficient (Wildman–Crippen LogP) is 1.66. The SMILES string of the molecule is CC1[C@H]2CC(OC(=O)N[C@H](C(N)=O)C(C)(C)C)C[C@@H]12. The van der Waals surface area contributed by atoms with Crippen molar-refractivity contribution in [1.82, 2.24) is 5.32 Å². The monoisotopic (exact) mass is 268 g/mol. The van der Waals surface area contributed by atoms with Gasteiger partial charge >= 0.3 is 6.09 Å². The molecule has 2 rings (SSSR count). The smallest absolute Gasteiger partial charge is 0.408 e. The second kappa shape index (κ2) is 4.69. The third kappa shape index (κ3) is 3.01. The highest BCUT2D eigenvalue weighted by Crippen LogP contribution is 2.57. The van der Waals surface area contributed by atoms with Gasteiger partial charge in [0.1, 0.15) is 12.1 Å². The molecule has 19 heavy (non-hydrogen) atoms. The number of hydrogen-bond acceptors (Lipinski definition) is 3. The largest absolute Gasteiger partial charge is 0.446 e. The second-order valence-electron chi connectivity index (χ2n) is 7.03. The number of nitrogens with two attached hydrogens (primary N) is 1. The molecule has 0 saturated heterocycles. The molecule has 2 unspecified atom stereocenters. The van der Waals surface area contributed by atoms with Gasteiger partial charge in [-0.05, 0) is 36.0 Å². The topological polar surface area (TPSA) is 81.4 Å². The van der Waals surface area contributed by atoms with Crippen LogP contribution in [-0.4, -0.2) is 24.1 Å². The van der Waals surface area contributed by atoms with Gasteiger partial charge < -0.3 is 15.8 Å². The van der Waals surface area contributed by atoms with E-state index in [0.717, 1.165) is 30.6 Å². The average Bonchev–Trinajstić information content (AvgIpc) is 2.72. The number of nitrogens with one attached hydrogen (secondary N) is 1. The molecule has 3 N–H and O–H groups in total. The van der Waals surface area contributed by atoms with E-state index in [1.165, 1.54) is 0 Å². The number of rotatable bonds is 3. The van der Waals surface area contributed by atoms with E-state index < -0.39 is 23.5 Å². The van der Waals surface area contributed by atoms with E-state index in [-0.39, 0.29) is 6.10 Å². The molecule has 0 aromatic rings. The maximum Gasteiger partial charge on any atom is 0.408 e. The molecule has 2 amide bonds. The standard InChI is InChI=1S/C14H24N2O3/c1-7-9-5-8(6-10(7)9)19-13(18)16-11(12(15)17)14(2,3)4/h7-11H,5-6H2,1-4H3,(H2,15,17)(H,16,18)/t7?,8?,9-,10+,11-/m1/s1. The summed E-state index contributed by atoms with van der Waals surface area (Å²) in [5, 5.41) is 2.59. The number of hydrogen-bond donors (Lipinski definition) is 2. The Morgan fingerprint density at radius 1 is 1.26 bits per heavy atom. The summed E-state index contributed by atoms with van der Waals surface area (Å²) in [4.78, 5) is 23.2. The minimum Gasteiger partial charge on any atom is -0.446 e. The lowest BCUT2D eigenvalue weighted by molar-refractivity contribution is -0.122. The Labute approximate surface area is 114 Å². The molecule has 5 nitrogen and oxygen atoms in total. The van der Waals surface area contributed by atoms with Crippen LogP contribution in [0.2, 0.25) is 0 Å². The number of primary amides is 1. The molecule has 0 spiro atoms. The molecule has 5 heteroatoms. The number of amides is 2. The molecule has 0 bridgehead atoms. The molecule has 0 aliphatic heterocycles. The highest BCUT2D eigenvalue weighted by Gasteiger charge is 2.54. The summed E-state index contributed by atoms with van der Waals surface area (Å²) < 4.78 is 5.38. The van der Waals surface area contributed by atoms with Crippen molar-refractivity contribution < 1.29 is 14.3 Å². The van der Waals surface area contributed by atoms with Gasteiger partial charge in [-0.3, -0.25) is 4.79 Å². The van der Waals surface area contributed by atoms with Gasteiger partial charge in [-0.2, -0.15) is 0 Å². The lowest BCUT2D eigenvalue weighted by Crippen LogP contribution is -2.52. The molecule has 5 atom stereocenters. The molecular weight excluding hydrogens is 244 g/mol. The molecule has 2 fully saturated rings. The van der Waals surface area contributed by atoms with Gasteiger partial charge in [-0.1, -0.05) is 27.7 Å². The zero-order valence-corrected chi connectivity index (χ0v) is 12.1.